The maximum absolute atomic E-state index is 12.9. The van der Waals surface area contributed by atoms with Crippen LogP contribution in [0.3, 0.4) is 0 Å². The van der Waals surface area contributed by atoms with E-state index in [1.807, 2.05) is 17.7 Å². The van der Waals surface area contributed by atoms with Crippen LogP contribution in [-0.2, 0) is 6.42 Å². The van der Waals surface area contributed by atoms with Gasteiger partial charge < -0.3 is 0 Å². The topological polar surface area (TPSA) is 30.7 Å². The predicted octanol–water partition coefficient (Wildman–Crippen LogP) is 3.43. The van der Waals surface area contributed by atoms with Crippen LogP contribution in [0.15, 0.2) is 36.5 Å². The molecule has 0 unspecified atom stereocenters. The van der Waals surface area contributed by atoms with E-state index in [1.54, 1.807) is 6.07 Å². The van der Waals surface area contributed by atoms with Crippen LogP contribution in [0.4, 0.5) is 4.39 Å². The average Bonchev–Trinajstić information content (AvgIpc) is 2.77. The van der Waals surface area contributed by atoms with Crippen molar-refractivity contribution in [1.29, 1.82) is 0 Å². The Morgan fingerprint density at radius 1 is 1.21 bits per heavy atom. The highest BCUT2D eigenvalue weighted by molar-refractivity contribution is 5.86. The van der Waals surface area contributed by atoms with E-state index in [4.69, 9.17) is 0 Å². The lowest BCUT2D eigenvalue weighted by Gasteiger charge is -2.06. The number of fused-ring (bicyclic) bond motifs is 1. The van der Waals surface area contributed by atoms with Crippen LogP contribution < -0.4 is 0 Å². The molecule has 0 aliphatic rings. The number of nitrogens with zero attached hydrogens (tertiary/aromatic N) is 3. The van der Waals surface area contributed by atoms with Crippen LogP contribution in [0.1, 0.15) is 18.2 Å². The molecule has 2 heterocycles. The third-order valence-corrected chi connectivity index (χ3v) is 3.31. The maximum atomic E-state index is 12.9. The minimum atomic E-state index is -0.479. The summed E-state index contributed by atoms with van der Waals surface area (Å²) >= 11 is 0. The lowest BCUT2D eigenvalue weighted by Crippen LogP contribution is -2.00. The minimum Gasteiger partial charge on any atom is -0.231 e. The SMILES string of the molecule is CCc1cccc2c(C)nn(-c3ccc(F)nc3)c12. The number of benzene rings is 1. The van der Waals surface area contributed by atoms with Gasteiger partial charge in [-0.25, -0.2) is 9.67 Å². The van der Waals surface area contributed by atoms with Crippen LogP contribution >= 0.6 is 0 Å². The molecule has 2 aromatic heterocycles. The van der Waals surface area contributed by atoms with Gasteiger partial charge in [-0.15, -0.1) is 0 Å². The second-order valence-corrected chi connectivity index (χ2v) is 4.50. The molecule has 3 rings (SSSR count). The summed E-state index contributed by atoms with van der Waals surface area (Å²) in [5.74, 6) is -0.479. The van der Waals surface area contributed by atoms with Crippen molar-refractivity contribution in [2.24, 2.45) is 0 Å². The van der Waals surface area contributed by atoms with E-state index in [9.17, 15) is 4.39 Å². The Hall–Kier alpha value is -2.23. The number of aromatic nitrogens is 3. The van der Waals surface area contributed by atoms with Gasteiger partial charge in [-0.3, -0.25) is 0 Å². The highest BCUT2D eigenvalue weighted by atomic mass is 19.1. The number of aryl methyl sites for hydroxylation is 2. The molecule has 19 heavy (non-hydrogen) atoms. The standard InChI is InChI=1S/C15H14FN3/c1-3-11-5-4-6-13-10(2)18-19(15(11)13)12-7-8-14(16)17-9-12/h4-9H,3H2,1-2H3. The molecule has 0 atom stereocenters. The Kier molecular flexibility index (Phi) is 2.78. The second kappa shape index (κ2) is 4.46. The fourth-order valence-corrected chi connectivity index (χ4v) is 2.35. The summed E-state index contributed by atoms with van der Waals surface area (Å²) in [4.78, 5) is 3.70. The fraction of sp³-hybridized carbons (Fsp3) is 0.200. The Morgan fingerprint density at radius 2 is 2.05 bits per heavy atom. The molecular weight excluding hydrogens is 241 g/mol. The van der Waals surface area contributed by atoms with Crippen molar-refractivity contribution in [2.75, 3.05) is 0 Å². The van der Waals surface area contributed by atoms with Gasteiger partial charge in [-0.1, -0.05) is 25.1 Å². The van der Waals surface area contributed by atoms with Crippen molar-refractivity contribution in [1.82, 2.24) is 14.8 Å². The van der Waals surface area contributed by atoms with Gasteiger partial charge >= 0.3 is 0 Å². The van der Waals surface area contributed by atoms with Gasteiger partial charge in [0, 0.05) is 5.39 Å². The van der Waals surface area contributed by atoms with Gasteiger partial charge in [-0.2, -0.15) is 9.49 Å². The number of hydrogen-bond acceptors (Lipinski definition) is 2. The third-order valence-electron chi connectivity index (χ3n) is 3.31. The normalized spacial score (nSPS) is 11.1. The van der Waals surface area contributed by atoms with E-state index < -0.39 is 5.95 Å². The van der Waals surface area contributed by atoms with E-state index in [0.717, 1.165) is 28.7 Å². The zero-order valence-corrected chi connectivity index (χ0v) is 10.9. The van der Waals surface area contributed by atoms with Crippen LogP contribution in [0.5, 0.6) is 0 Å². The van der Waals surface area contributed by atoms with Crippen LogP contribution in [0.2, 0.25) is 0 Å². The van der Waals surface area contributed by atoms with Crippen molar-refractivity contribution < 1.29 is 4.39 Å². The summed E-state index contributed by atoms with van der Waals surface area (Å²) in [6.45, 7) is 4.10. The van der Waals surface area contributed by atoms with Gasteiger partial charge in [0.1, 0.15) is 0 Å². The summed E-state index contributed by atoms with van der Waals surface area (Å²) in [6, 6.07) is 9.25. The van der Waals surface area contributed by atoms with Crippen LogP contribution in [-0.4, -0.2) is 14.8 Å². The number of halogens is 1. The molecule has 0 saturated carbocycles. The molecule has 0 bridgehead atoms. The zero-order valence-electron chi connectivity index (χ0n) is 10.9. The summed E-state index contributed by atoms with van der Waals surface area (Å²) in [6.07, 6.45) is 2.44. The number of pyridine rings is 1. The average molecular weight is 255 g/mol. The Labute approximate surface area is 110 Å². The highest BCUT2D eigenvalue weighted by Crippen LogP contribution is 2.25. The summed E-state index contributed by atoms with van der Waals surface area (Å²) < 4.78 is 14.8. The fourth-order valence-electron chi connectivity index (χ4n) is 2.35. The summed E-state index contributed by atoms with van der Waals surface area (Å²) in [5.41, 5.74) is 4.05. The molecular formula is C15H14FN3. The van der Waals surface area contributed by atoms with Crippen molar-refractivity contribution in [3.8, 4) is 5.69 Å². The molecule has 0 N–H and O–H groups in total. The third kappa shape index (κ3) is 1.89. The first-order valence-electron chi connectivity index (χ1n) is 6.30. The van der Waals surface area contributed by atoms with Gasteiger partial charge in [-0.05, 0) is 31.0 Å². The molecule has 96 valence electrons. The smallest absolute Gasteiger partial charge is 0.212 e. The maximum Gasteiger partial charge on any atom is 0.212 e. The van der Waals surface area contributed by atoms with E-state index in [2.05, 4.69) is 29.1 Å². The molecule has 4 heteroatoms. The Morgan fingerprint density at radius 3 is 2.74 bits per heavy atom. The molecule has 0 amide bonds. The van der Waals surface area contributed by atoms with Crippen LogP contribution in [0.25, 0.3) is 16.6 Å². The lowest BCUT2D eigenvalue weighted by atomic mass is 10.1. The van der Waals surface area contributed by atoms with E-state index in [1.165, 1.54) is 17.8 Å². The summed E-state index contributed by atoms with van der Waals surface area (Å²) in [7, 11) is 0. The second-order valence-electron chi connectivity index (χ2n) is 4.50. The molecule has 0 saturated heterocycles. The number of hydrogen-bond donors (Lipinski definition) is 0. The van der Waals surface area contributed by atoms with E-state index in [-0.39, 0.29) is 0 Å². The zero-order chi connectivity index (χ0) is 13.4. The van der Waals surface area contributed by atoms with Crippen molar-refractivity contribution >= 4 is 10.9 Å². The molecule has 0 spiro atoms. The first-order valence-corrected chi connectivity index (χ1v) is 6.30. The van der Waals surface area contributed by atoms with Crippen molar-refractivity contribution in [3.63, 3.8) is 0 Å². The van der Waals surface area contributed by atoms with Gasteiger partial charge in [0.25, 0.3) is 0 Å². The number of para-hydroxylation sites is 1. The molecule has 0 aliphatic carbocycles. The molecule has 0 fully saturated rings. The molecule has 0 aliphatic heterocycles. The van der Waals surface area contributed by atoms with Crippen molar-refractivity contribution in [3.05, 3.63) is 53.7 Å². The highest BCUT2D eigenvalue weighted by Gasteiger charge is 2.12. The monoisotopic (exact) mass is 255 g/mol. The Balaban J connectivity index is 2.32. The van der Waals surface area contributed by atoms with E-state index >= 15 is 0 Å². The minimum absolute atomic E-state index is 0.479. The first kappa shape index (κ1) is 11.8. The quantitative estimate of drug-likeness (QED) is 0.657. The molecule has 1 aromatic carbocycles. The van der Waals surface area contributed by atoms with Crippen molar-refractivity contribution in [2.45, 2.75) is 20.3 Å². The number of rotatable bonds is 2. The molecule has 3 aromatic rings. The van der Waals surface area contributed by atoms with Gasteiger partial charge in [0.05, 0.1) is 23.1 Å². The van der Waals surface area contributed by atoms with Gasteiger partial charge in [0.2, 0.25) is 5.95 Å². The molecule has 3 nitrogen and oxygen atoms in total. The summed E-state index contributed by atoms with van der Waals surface area (Å²) in [5, 5.41) is 5.68. The molecule has 0 radical (unpaired) electrons. The predicted molar refractivity (Wildman–Crippen MR) is 72.9 cm³/mol. The van der Waals surface area contributed by atoms with E-state index in [0.29, 0.717) is 0 Å². The first-order chi connectivity index (χ1) is 9.20. The van der Waals surface area contributed by atoms with Crippen LogP contribution in [0, 0.1) is 12.9 Å². The lowest BCUT2D eigenvalue weighted by molar-refractivity contribution is 0.582. The van der Waals surface area contributed by atoms with Gasteiger partial charge in [0.15, 0.2) is 0 Å². The Bertz CT molecular complexity index is 729. The largest absolute Gasteiger partial charge is 0.231 e.